The number of carbonyl (C=O) groups excluding carboxylic acids is 1. The van der Waals surface area contributed by atoms with Crippen molar-refractivity contribution in [3.05, 3.63) is 64.1 Å². The number of hydrogen-bond donors (Lipinski definition) is 0. The molecular formula is C19H18ClN5O2. The number of fused-ring (bicyclic) bond motifs is 1. The largest absolute Gasteiger partial charge is 0.471 e. The van der Waals surface area contributed by atoms with Crippen LogP contribution >= 0.6 is 11.6 Å². The van der Waals surface area contributed by atoms with Crippen LogP contribution in [0.4, 0.5) is 0 Å². The zero-order valence-corrected chi connectivity index (χ0v) is 15.8. The zero-order valence-electron chi connectivity index (χ0n) is 15.0. The van der Waals surface area contributed by atoms with Crippen LogP contribution in [0.3, 0.4) is 0 Å². The Hall–Kier alpha value is -2.93. The molecule has 0 aliphatic carbocycles. The van der Waals surface area contributed by atoms with Gasteiger partial charge in [-0.15, -0.1) is 5.10 Å². The van der Waals surface area contributed by atoms with Crippen LogP contribution in [0.1, 0.15) is 29.6 Å². The standard InChI is InChI=1S/C19H18ClN5O2/c1-12-18(25(23-22-12)16-6-4-15(20)5-7-16)11-27-19-8-3-14-9-24(13(2)26)10-17(14)21-19/h3-8H,9-11H2,1-2H3. The third-order valence-corrected chi connectivity index (χ3v) is 4.83. The van der Waals surface area contributed by atoms with Gasteiger partial charge in [-0.1, -0.05) is 16.8 Å². The topological polar surface area (TPSA) is 73.1 Å². The summed E-state index contributed by atoms with van der Waals surface area (Å²) in [5, 5.41) is 9.01. The van der Waals surface area contributed by atoms with Crippen LogP contribution < -0.4 is 4.74 Å². The first-order valence-electron chi connectivity index (χ1n) is 8.55. The lowest BCUT2D eigenvalue weighted by Crippen LogP contribution is -2.21. The number of halogens is 1. The molecule has 0 saturated heterocycles. The Morgan fingerprint density at radius 2 is 1.96 bits per heavy atom. The highest BCUT2D eigenvalue weighted by atomic mass is 35.5. The summed E-state index contributed by atoms with van der Waals surface area (Å²) < 4.78 is 7.63. The number of carbonyl (C=O) groups is 1. The fourth-order valence-corrected chi connectivity index (χ4v) is 3.14. The lowest BCUT2D eigenvalue weighted by atomic mass is 10.2. The van der Waals surface area contributed by atoms with Gasteiger partial charge in [0.25, 0.3) is 0 Å². The lowest BCUT2D eigenvalue weighted by molar-refractivity contribution is -0.129. The average Bonchev–Trinajstić information content (AvgIpc) is 3.24. The molecule has 1 amide bonds. The minimum Gasteiger partial charge on any atom is -0.471 e. The van der Waals surface area contributed by atoms with Crippen molar-refractivity contribution in [3.8, 4) is 11.6 Å². The maximum absolute atomic E-state index is 11.6. The van der Waals surface area contributed by atoms with Gasteiger partial charge in [-0.05, 0) is 42.8 Å². The number of nitrogens with zero attached hydrogens (tertiary/aromatic N) is 5. The van der Waals surface area contributed by atoms with E-state index in [9.17, 15) is 4.79 Å². The molecule has 27 heavy (non-hydrogen) atoms. The minimum absolute atomic E-state index is 0.0454. The summed E-state index contributed by atoms with van der Waals surface area (Å²) in [6.07, 6.45) is 0. The van der Waals surface area contributed by atoms with E-state index in [1.807, 2.05) is 31.2 Å². The molecule has 4 rings (SSSR count). The SMILES string of the molecule is CC(=O)N1Cc2ccc(OCc3c(C)nnn3-c3ccc(Cl)cc3)nc2C1. The van der Waals surface area contributed by atoms with Crippen LogP contribution in [0.25, 0.3) is 5.69 Å². The molecule has 3 heterocycles. The monoisotopic (exact) mass is 383 g/mol. The van der Waals surface area contributed by atoms with Crippen LogP contribution in [-0.4, -0.2) is 30.8 Å². The van der Waals surface area contributed by atoms with Gasteiger partial charge in [0.15, 0.2) is 0 Å². The predicted octanol–water partition coefficient (Wildman–Crippen LogP) is 3.07. The lowest BCUT2D eigenvalue weighted by Gasteiger charge is -2.10. The van der Waals surface area contributed by atoms with Crippen molar-refractivity contribution in [1.29, 1.82) is 0 Å². The van der Waals surface area contributed by atoms with E-state index in [-0.39, 0.29) is 12.5 Å². The maximum atomic E-state index is 11.6. The number of ether oxygens (including phenoxy) is 1. The van der Waals surface area contributed by atoms with E-state index in [0.717, 1.165) is 28.3 Å². The summed E-state index contributed by atoms with van der Waals surface area (Å²) in [5.74, 6) is 0.562. The van der Waals surface area contributed by atoms with E-state index >= 15 is 0 Å². The van der Waals surface area contributed by atoms with Crippen LogP contribution in [0, 0.1) is 6.92 Å². The summed E-state index contributed by atoms with van der Waals surface area (Å²) in [6.45, 7) is 4.86. The third kappa shape index (κ3) is 3.50. The van der Waals surface area contributed by atoms with Crippen molar-refractivity contribution >= 4 is 17.5 Å². The highest BCUT2D eigenvalue weighted by molar-refractivity contribution is 6.30. The van der Waals surface area contributed by atoms with Gasteiger partial charge in [0, 0.05) is 24.6 Å². The predicted molar refractivity (Wildman–Crippen MR) is 99.6 cm³/mol. The first kappa shape index (κ1) is 17.5. The quantitative estimate of drug-likeness (QED) is 0.692. The molecule has 1 aromatic carbocycles. The summed E-state index contributed by atoms with van der Waals surface area (Å²) in [5.41, 5.74) is 4.42. The van der Waals surface area contributed by atoms with Crippen molar-refractivity contribution in [2.45, 2.75) is 33.5 Å². The number of aryl methyl sites for hydroxylation is 1. The molecule has 3 aromatic rings. The van der Waals surface area contributed by atoms with Crippen LogP contribution in [-0.2, 0) is 24.5 Å². The van der Waals surface area contributed by atoms with Crippen molar-refractivity contribution in [1.82, 2.24) is 24.9 Å². The molecule has 0 N–H and O–H groups in total. The van der Waals surface area contributed by atoms with Crippen molar-refractivity contribution < 1.29 is 9.53 Å². The van der Waals surface area contributed by atoms with E-state index in [1.165, 1.54) is 0 Å². The number of amides is 1. The second-order valence-corrected chi connectivity index (χ2v) is 6.87. The fraction of sp³-hybridized carbons (Fsp3) is 0.263. The van der Waals surface area contributed by atoms with Gasteiger partial charge in [0.05, 0.1) is 23.6 Å². The Bertz CT molecular complexity index is 1000. The maximum Gasteiger partial charge on any atom is 0.220 e. The van der Waals surface area contributed by atoms with Crippen molar-refractivity contribution in [3.63, 3.8) is 0 Å². The summed E-state index contributed by atoms with van der Waals surface area (Å²) in [6, 6.07) is 11.2. The molecule has 0 unspecified atom stereocenters. The molecule has 2 aromatic heterocycles. The van der Waals surface area contributed by atoms with Gasteiger partial charge in [0.2, 0.25) is 11.8 Å². The molecule has 8 heteroatoms. The molecule has 0 spiro atoms. The zero-order chi connectivity index (χ0) is 19.0. The Morgan fingerprint density at radius 3 is 2.70 bits per heavy atom. The molecule has 138 valence electrons. The van der Waals surface area contributed by atoms with Gasteiger partial charge >= 0.3 is 0 Å². The summed E-state index contributed by atoms with van der Waals surface area (Å²) in [7, 11) is 0. The molecule has 0 saturated carbocycles. The Labute approximate surface area is 161 Å². The van der Waals surface area contributed by atoms with E-state index in [4.69, 9.17) is 16.3 Å². The van der Waals surface area contributed by atoms with E-state index < -0.39 is 0 Å². The number of rotatable bonds is 4. The van der Waals surface area contributed by atoms with E-state index in [0.29, 0.717) is 24.0 Å². The summed E-state index contributed by atoms with van der Waals surface area (Å²) in [4.78, 5) is 17.9. The number of aromatic nitrogens is 4. The molecule has 7 nitrogen and oxygen atoms in total. The van der Waals surface area contributed by atoms with Crippen LogP contribution in [0.15, 0.2) is 36.4 Å². The van der Waals surface area contributed by atoms with Gasteiger partial charge < -0.3 is 9.64 Å². The first-order chi connectivity index (χ1) is 13.0. The minimum atomic E-state index is 0.0454. The van der Waals surface area contributed by atoms with Crippen molar-refractivity contribution in [2.24, 2.45) is 0 Å². The molecule has 0 fully saturated rings. The normalized spacial score (nSPS) is 12.9. The smallest absolute Gasteiger partial charge is 0.220 e. The highest BCUT2D eigenvalue weighted by Gasteiger charge is 2.22. The van der Waals surface area contributed by atoms with E-state index in [1.54, 1.807) is 28.6 Å². The van der Waals surface area contributed by atoms with Gasteiger partial charge in [-0.2, -0.15) is 0 Å². The van der Waals surface area contributed by atoms with Crippen molar-refractivity contribution in [2.75, 3.05) is 0 Å². The summed E-state index contributed by atoms with van der Waals surface area (Å²) >= 11 is 5.96. The Morgan fingerprint density at radius 1 is 1.19 bits per heavy atom. The molecular weight excluding hydrogens is 366 g/mol. The van der Waals surface area contributed by atoms with Crippen LogP contribution in [0.5, 0.6) is 5.88 Å². The second kappa shape index (κ2) is 7.00. The molecule has 1 aliphatic rings. The van der Waals surface area contributed by atoms with Gasteiger partial charge in [-0.3, -0.25) is 4.79 Å². The average molecular weight is 384 g/mol. The highest BCUT2D eigenvalue weighted by Crippen LogP contribution is 2.24. The van der Waals surface area contributed by atoms with Gasteiger partial charge in [0.1, 0.15) is 12.3 Å². The second-order valence-electron chi connectivity index (χ2n) is 6.43. The molecule has 0 radical (unpaired) electrons. The Kier molecular flexibility index (Phi) is 4.53. The number of hydrogen-bond acceptors (Lipinski definition) is 5. The van der Waals surface area contributed by atoms with Crippen LogP contribution in [0.2, 0.25) is 5.02 Å². The molecule has 0 atom stereocenters. The third-order valence-electron chi connectivity index (χ3n) is 4.58. The molecule has 1 aliphatic heterocycles. The first-order valence-corrected chi connectivity index (χ1v) is 8.93. The molecule has 0 bridgehead atoms. The van der Waals surface area contributed by atoms with Gasteiger partial charge in [-0.25, -0.2) is 9.67 Å². The number of pyridine rings is 1. The Balaban J connectivity index is 1.52. The fourth-order valence-electron chi connectivity index (χ4n) is 3.01. The van der Waals surface area contributed by atoms with E-state index in [2.05, 4.69) is 15.3 Å². The number of benzene rings is 1.